The summed E-state index contributed by atoms with van der Waals surface area (Å²) in [5.74, 6) is -1.99. The molecular weight excluding hydrogens is 460 g/mol. The molecule has 0 heterocycles. The minimum atomic E-state index is -0.939. The molecule has 0 fully saturated rings. The first-order valence-electron chi connectivity index (χ1n) is 12.0. The van der Waals surface area contributed by atoms with E-state index < -0.39 is 36.5 Å². The summed E-state index contributed by atoms with van der Waals surface area (Å²) in [6, 6.07) is 21.4. The van der Waals surface area contributed by atoms with Crippen LogP contribution in [0, 0.1) is 0 Å². The van der Waals surface area contributed by atoms with Gasteiger partial charge in [0, 0.05) is 0 Å². The molecule has 2 atom stereocenters. The number of carbonyl (C=O) groups is 3. The number of aryl methyl sites for hydroxylation is 1. The Labute approximate surface area is 210 Å². The zero-order chi connectivity index (χ0) is 25.9. The van der Waals surface area contributed by atoms with E-state index in [1.54, 1.807) is 6.92 Å². The van der Waals surface area contributed by atoms with Crippen molar-refractivity contribution in [3.63, 3.8) is 0 Å². The topological polar surface area (TPSA) is 105 Å². The van der Waals surface area contributed by atoms with Crippen LogP contribution in [0.3, 0.4) is 0 Å². The Morgan fingerprint density at radius 2 is 1.64 bits per heavy atom. The summed E-state index contributed by atoms with van der Waals surface area (Å²) in [6.45, 7) is 2.81. The molecule has 0 radical (unpaired) electrons. The van der Waals surface area contributed by atoms with Gasteiger partial charge in [0.05, 0.1) is 12.6 Å². The first-order valence-corrected chi connectivity index (χ1v) is 12.0. The van der Waals surface area contributed by atoms with Crippen molar-refractivity contribution in [2.75, 3.05) is 13.2 Å². The Morgan fingerprint density at radius 1 is 0.944 bits per heavy atom. The van der Waals surface area contributed by atoms with Crippen LogP contribution in [0.4, 0.5) is 0 Å². The number of esters is 2. The van der Waals surface area contributed by atoms with Crippen LogP contribution in [0.5, 0.6) is 0 Å². The molecule has 3 aromatic carbocycles. The summed E-state index contributed by atoms with van der Waals surface area (Å²) in [6.07, 6.45) is 1.00. The average Bonchev–Trinajstić information content (AvgIpc) is 2.89. The second-order valence-electron chi connectivity index (χ2n) is 8.41. The fraction of sp³-hybridized carbons (Fsp3) is 0.321. The highest BCUT2D eigenvalue weighted by molar-refractivity contribution is 5.87. The van der Waals surface area contributed by atoms with Crippen molar-refractivity contribution in [2.45, 2.75) is 45.4 Å². The molecule has 0 aromatic heterocycles. The van der Waals surface area contributed by atoms with Gasteiger partial charge in [0.2, 0.25) is 0 Å². The number of ether oxygens (including phenoxy) is 2. The largest absolute Gasteiger partial charge is 0.465 e. The maximum absolute atomic E-state index is 12.7. The Hall–Kier alpha value is -3.75. The van der Waals surface area contributed by atoms with Crippen LogP contribution >= 0.6 is 0 Å². The molecule has 2 N–H and O–H groups in total. The van der Waals surface area contributed by atoms with E-state index >= 15 is 0 Å². The molecule has 3 aromatic rings. The molecule has 0 saturated carbocycles. The third kappa shape index (κ3) is 7.63. The molecule has 0 bridgehead atoms. The minimum Gasteiger partial charge on any atom is -0.465 e. The van der Waals surface area contributed by atoms with Crippen LogP contribution in [0.15, 0.2) is 72.8 Å². The number of carbonyl (C=O) groups excluding carboxylic acids is 3. The van der Waals surface area contributed by atoms with E-state index in [1.807, 2.05) is 72.8 Å². The highest BCUT2D eigenvalue weighted by Gasteiger charge is 2.28. The molecule has 36 heavy (non-hydrogen) atoms. The van der Waals surface area contributed by atoms with Crippen molar-refractivity contribution in [1.29, 1.82) is 0 Å². The first kappa shape index (κ1) is 26.8. The Kier molecular flexibility index (Phi) is 9.97. The highest BCUT2D eigenvalue weighted by Crippen LogP contribution is 2.19. The molecule has 0 aliphatic heterocycles. The van der Waals surface area contributed by atoms with Crippen LogP contribution < -0.4 is 5.32 Å². The van der Waals surface area contributed by atoms with E-state index in [9.17, 15) is 19.6 Å². The number of hydroxylamine groups is 2. The quantitative estimate of drug-likeness (QED) is 0.226. The normalized spacial score (nSPS) is 12.5. The summed E-state index contributed by atoms with van der Waals surface area (Å²) in [5, 5.41) is 15.4. The van der Waals surface area contributed by atoms with Gasteiger partial charge >= 0.3 is 11.9 Å². The molecule has 1 amide bonds. The van der Waals surface area contributed by atoms with Crippen LogP contribution in [-0.4, -0.2) is 53.4 Å². The van der Waals surface area contributed by atoms with Gasteiger partial charge in [-0.3, -0.25) is 24.9 Å². The maximum atomic E-state index is 12.7. The van der Waals surface area contributed by atoms with Crippen molar-refractivity contribution in [1.82, 2.24) is 10.4 Å². The van der Waals surface area contributed by atoms with Crippen LogP contribution in [0.1, 0.15) is 31.4 Å². The van der Waals surface area contributed by atoms with E-state index in [4.69, 9.17) is 9.47 Å². The molecule has 0 spiro atoms. The van der Waals surface area contributed by atoms with Gasteiger partial charge in [-0.1, -0.05) is 72.8 Å². The van der Waals surface area contributed by atoms with Crippen molar-refractivity contribution in [2.24, 2.45) is 0 Å². The van der Waals surface area contributed by atoms with E-state index in [1.165, 1.54) is 6.92 Å². The number of rotatable bonds is 12. The highest BCUT2D eigenvalue weighted by atomic mass is 16.6. The molecule has 190 valence electrons. The Bertz CT molecular complexity index is 1160. The van der Waals surface area contributed by atoms with Gasteiger partial charge in [0.15, 0.2) is 0 Å². The maximum Gasteiger partial charge on any atom is 0.328 e. The summed E-state index contributed by atoms with van der Waals surface area (Å²) in [5.41, 5.74) is 1.87. The zero-order valence-corrected chi connectivity index (χ0v) is 20.6. The third-order valence-corrected chi connectivity index (χ3v) is 5.76. The lowest BCUT2D eigenvalue weighted by molar-refractivity contribution is -0.178. The zero-order valence-electron chi connectivity index (χ0n) is 20.6. The number of fused-ring (bicyclic) bond motifs is 1. The summed E-state index contributed by atoms with van der Waals surface area (Å²) in [4.78, 5) is 37.4. The lowest BCUT2D eigenvalue weighted by atomic mass is 10.0. The van der Waals surface area contributed by atoms with Crippen molar-refractivity contribution >= 4 is 28.6 Å². The predicted octanol–water partition coefficient (Wildman–Crippen LogP) is 3.64. The Morgan fingerprint density at radius 3 is 2.39 bits per heavy atom. The SMILES string of the molecule is CCOC(=O)[C@H](CCc1ccccc1)N[C@@H](C)C(=O)N(O)CC(=O)OCc1cccc2ccccc12. The smallest absolute Gasteiger partial charge is 0.328 e. The van der Waals surface area contributed by atoms with Gasteiger partial charge in [0.25, 0.3) is 5.91 Å². The second kappa shape index (κ2) is 13.4. The van der Waals surface area contributed by atoms with Crippen LogP contribution in [-0.2, 0) is 36.9 Å². The molecule has 0 aliphatic rings. The van der Waals surface area contributed by atoms with E-state index in [-0.39, 0.29) is 13.2 Å². The summed E-state index contributed by atoms with van der Waals surface area (Å²) < 4.78 is 10.4. The van der Waals surface area contributed by atoms with Crippen molar-refractivity contribution in [3.05, 3.63) is 83.9 Å². The average molecular weight is 493 g/mol. The first-order chi connectivity index (χ1) is 17.4. The minimum absolute atomic E-state index is 0.0143. The van der Waals surface area contributed by atoms with Crippen molar-refractivity contribution in [3.8, 4) is 0 Å². The van der Waals surface area contributed by atoms with Crippen LogP contribution in [0.2, 0.25) is 0 Å². The summed E-state index contributed by atoms with van der Waals surface area (Å²) in [7, 11) is 0. The van der Waals surface area contributed by atoms with E-state index in [0.29, 0.717) is 17.9 Å². The van der Waals surface area contributed by atoms with Gasteiger partial charge in [-0.05, 0) is 48.6 Å². The molecular formula is C28H32N2O6. The number of nitrogens with one attached hydrogen (secondary N) is 1. The fourth-order valence-electron chi connectivity index (χ4n) is 3.89. The van der Waals surface area contributed by atoms with Gasteiger partial charge < -0.3 is 9.47 Å². The number of amides is 1. The van der Waals surface area contributed by atoms with E-state index in [2.05, 4.69) is 5.32 Å². The van der Waals surface area contributed by atoms with Gasteiger partial charge in [-0.25, -0.2) is 5.06 Å². The summed E-state index contributed by atoms with van der Waals surface area (Å²) >= 11 is 0. The molecule has 0 aliphatic carbocycles. The molecule has 3 rings (SSSR count). The molecule has 8 heteroatoms. The number of benzene rings is 3. The third-order valence-electron chi connectivity index (χ3n) is 5.76. The standard InChI is InChI=1S/C28H32N2O6/c1-3-35-28(33)25(17-16-21-10-5-4-6-11-21)29-20(2)27(32)30(34)18-26(31)36-19-23-14-9-13-22-12-7-8-15-24(22)23/h4-15,20,25,29,34H,3,16-19H2,1-2H3/t20-,25-/m0/s1. The fourth-order valence-corrected chi connectivity index (χ4v) is 3.89. The number of nitrogens with zero attached hydrogens (tertiary/aromatic N) is 1. The number of hydrogen-bond acceptors (Lipinski definition) is 7. The number of hydrogen-bond donors (Lipinski definition) is 2. The molecule has 8 nitrogen and oxygen atoms in total. The van der Waals surface area contributed by atoms with Gasteiger partial charge in [0.1, 0.15) is 19.2 Å². The predicted molar refractivity (Wildman–Crippen MR) is 135 cm³/mol. The second-order valence-corrected chi connectivity index (χ2v) is 8.41. The molecule has 0 unspecified atom stereocenters. The van der Waals surface area contributed by atoms with Gasteiger partial charge in [-0.15, -0.1) is 0 Å². The van der Waals surface area contributed by atoms with Gasteiger partial charge in [-0.2, -0.15) is 0 Å². The van der Waals surface area contributed by atoms with Crippen LogP contribution in [0.25, 0.3) is 10.8 Å². The monoisotopic (exact) mass is 492 g/mol. The Balaban J connectivity index is 1.53. The lowest BCUT2D eigenvalue weighted by Gasteiger charge is -2.24. The van der Waals surface area contributed by atoms with E-state index in [0.717, 1.165) is 21.9 Å². The molecule has 0 saturated heterocycles. The van der Waals surface area contributed by atoms with Crippen molar-refractivity contribution < 1.29 is 29.1 Å². The lowest BCUT2D eigenvalue weighted by Crippen LogP contribution is -2.51.